The van der Waals surface area contributed by atoms with Crippen LogP contribution < -0.4 is 5.73 Å². The molecule has 2 heteroatoms. The molecule has 0 spiro atoms. The van der Waals surface area contributed by atoms with Crippen LogP contribution in [0.15, 0.2) is 23.3 Å². The van der Waals surface area contributed by atoms with Gasteiger partial charge >= 0.3 is 0 Å². The van der Waals surface area contributed by atoms with Crippen molar-refractivity contribution in [2.45, 2.75) is 26.2 Å². The van der Waals surface area contributed by atoms with Gasteiger partial charge in [-0.15, -0.1) is 0 Å². The summed E-state index contributed by atoms with van der Waals surface area (Å²) in [5, 5.41) is 0. The van der Waals surface area contributed by atoms with Crippen molar-refractivity contribution < 1.29 is 4.79 Å². The Kier molecular flexibility index (Phi) is 2.47. The molecule has 0 bridgehead atoms. The van der Waals surface area contributed by atoms with Crippen molar-refractivity contribution in [2.75, 3.05) is 0 Å². The van der Waals surface area contributed by atoms with E-state index in [1.54, 1.807) is 0 Å². The van der Waals surface area contributed by atoms with Crippen molar-refractivity contribution in [1.29, 1.82) is 0 Å². The summed E-state index contributed by atoms with van der Waals surface area (Å²) < 4.78 is 0. The molecule has 0 aliphatic heterocycles. The molecule has 0 saturated carbocycles. The van der Waals surface area contributed by atoms with Gasteiger partial charge in [-0.05, 0) is 25.3 Å². The normalized spacial score (nSPS) is 17.2. The Morgan fingerprint density at radius 1 is 1.73 bits per heavy atom. The molecule has 0 atom stereocenters. The van der Waals surface area contributed by atoms with Crippen molar-refractivity contribution in [3.8, 4) is 0 Å². The van der Waals surface area contributed by atoms with Crippen LogP contribution in [0.25, 0.3) is 0 Å². The van der Waals surface area contributed by atoms with E-state index in [4.69, 9.17) is 5.73 Å². The van der Waals surface area contributed by atoms with Gasteiger partial charge in [-0.1, -0.05) is 17.7 Å². The first-order chi connectivity index (χ1) is 5.18. The number of carbonyl (C=O) groups excluding carboxylic acids is 1. The predicted octanol–water partition coefficient (Wildman–Crippen LogP) is 1.53. The van der Waals surface area contributed by atoms with Crippen molar-refractivity contribution in [3.63, 3.8) is 0 Å². The Hall–Kier alpha value is -1.05. The summed E-state index contributed by atoms with van der Waals surface area (Å²) in [5.41, 5.74) is 7.47. The van der Waals surface area contributed by atoms with Crippen molar-refractivity contribution in [2.24, 2.45) is 5.73 Å². The summed E-state index contributed by atoms with van der Waals surface area (Å²) in [6.45, 7) is 2.08. The van der Waals surface area contributed by atoms with Gasteiger partial charge in [-0.25, -0.2) is 0 Å². The van der Waals surface area contributed by atoms with E-state index in [1.807, 2.05) is 6.08 Å². The van der Waals surface area contributed by atoms with Crippen LogP contribution in [0, 0.1) is 0 Å². The molecule has 0 aromatic carbocycles. The van der Waals surface area contributed by atoms with Crippen LogP contribution in [0.2, 0.25) is 0 Å². The highest BCUT2D eigenvalue weighted by molar-refractivity contribution is 5.77. The fourth-order valence-corrected chi connectivity index (χ4v) is 1.26. The molecule has 0 aromatic rings. The van der Waals surface area contributed by atoms with Crippen molar-refractivity contribution in [3.05, 3.63) is 23.3 Å². The van der Waals surface area contributed by atoms with E-state index >= 15 is 0 Å². The number of amides is 1. The molecule has 1 amide bonds. The first-order valence-electron chi connectivity index (χ1n) is 3.83. The lowest BCUT2D eigenvalue weighted by Crippen LogP contribution is -2.11. The highest BCUT2D eigenvalue weighted by Gasteiger charge is 2.03. The first kappa shape index (κ1) is 8.05. The largest absolute Gasteiger partial charge is 0.369 e. The van der Waals surface area contributed by atoms with Crippen molar-refractivity contribution >= 4 is 5.91 Å². The molecule has 11 heavy (non-hydrogen) atoms. The average Bonchev–Trinajstić information content (AvgIpc) is 1.85. The Morgan fingerprint density at radius 2 is 2.45 bits per heavy atom. The van der Waals surface area contributed by atoms with Crippen LogP contribution in [0.5, 0.6) is 0 Å². The van der Waals surface area contributed by atoms with Gasteiger partial charge in [0.25, 0.3) is 0 Å². The molecule has 2 N–H and O–H groups in total. The Bertz CT molecular complexity index is 226. The molecule has 0 unspecified atom stereocenters. The monoisotopic (exact) mass is 151 g/mol. The van der Waals surface area contributed by atoms with E-state index in [0.717, 1.165) is 18.4 Å². The average molecular weight is 151 g/mol. The number of primary amides is 1. The zero-order valence-corrected chi connectivity index (χ0v) is 6.76. The molecule has 2 nitrogen and oxygen atoms in total. The molecule has 1 aliphatic carbocycles. The third-order valence-corrected chi connectivity index (χ3v) is 1.76. The first-order valence-corrected chi connectivity index (χ1v) is 3.83. The molecule has 0 radical (unpaired) electrons. The number of rotatable bonds is 2. The van der Waals surface area contributed by atoms with Gasteiger partial charge in [0.2, 0.25) is 5.91 Å². The van der Waals surface area contributed by atoms with Gasteiger partial charge in [-0.2, -0.15) is 0 Å². The fraction of sp³-hybridized carbons (Fsp3) is 0.444. The van der Waals surface area contributed by atoms with E-state index in [0.29, 0.717) is 6.42 Å². The smallest absolute Gasteiger partial charge is 0.221 e. The minimum atomic E-state index is -0.248. The van der Waals surface area contributed by atoms with E-state index in [9.17, 15) is 4.79 Å². The maximum absolute atomic E-state index is 10.5. The molecule has 60 valence electrons. The summed E-state index contributed by atoms with van der Waals surface area (Å²) in [7, 11) is 0. The number of carbonyl (C=O) groups is 1. The maximum Gasteiger partial charge on any atom is 0.221 e. The topological polar surface area (TPSA) is 43.1 Å². The third-order valence-electron chi connectivity index (χ3n) is 1.76. The van der Waals surface area contributed by atoms with Gasteiger partial charge < -0.3 is 5.73 Å². The molecule has 1 rings (SSSR count). The summed E-state index contributed by atoms with van der Waals surface area (Å²) in [4.78, 5) is 10.5. The van der Waals surface area contributed by atoms with Gasteiger partial charge in [0, 0.05) is 0 Å². The van der Waals surface area contributed by atoms with Crippen LogP contribution in [0.3, 0.4) is 0 Å². The Balaban J connectivity index is 2.59. The van der Waals surface area contributed by atoms with Gasteiger partial charge in [0.15, 0.2) is 0 Å². The van der Waals surface area contributed by atoms with E-state index in [1.165, 1.54) is 5.57 Å². The summed E-state index contributed by atoms with van der Waals surface area (Å²) in [5.74, 6) is -0.248. The minimum Gasteiger partial charge on any atom is -0.369 e. The zero-order valence-electron chi connectivity index (χ0n) is 6.76. The Morgan fingerprint density at radius 3 is 3.00 bits per heavy atom. The minimum absolute atomic E-state index is 0.248. The summed E-state index contributed by atoms with van der Waals surface area (Å²) in [6.07, 6.45) is 6.68. The standard InChI is InChI=1S/C9H13NO/c1-7-3-2-4-8(5-7)6-9(10)11/h4-5H,2-3,6H2,1H3,(H2,10,11). The molecule has 0 aromatic heterocycles. The quantitative estimate of drug-likeness (QED) is 0.639. The number of hydrogen-bond donors (Lipinski definition) is 1. The van der Waals surface area contributed by atoms with Gasteiger partial charge in [0.1, 0.15) is 0 Å². The molecule has 0 saturated heterocycles. The molecule has 0 heterocycles. The maximum atomic E-state index is 10.5. The lowest BCUT2D eigenvalue weighted by molar-refractivity contribution is -0.117. The second-order valence-electron chi connectivity index (χ2n) is 2.95. The van der Waals surface area contributed by atoms with E-state index in [-0.39, 0.29) is 5.91 Å². The predicted molar refractivity (Wildman–Crippen MR) is 44.9 cm³/mol. The zero-order chi connectivity index (χ0) is 8.27. The second-order valence-corrected chi connectivity index (χ2v) is 2.95. The number of allylic oxidation sites excluding steroid dienone is 3. The highest BCUT2D eigenvalue weighted by atomic mass is 16.1. The van der Waals surface area contributed by atoms with E-state index < -0.39 is 0 Å². The lowest BCUT2D eigenvalue weighted by Gasteiger charge is -2.08. The van der Waals surface area contributed by atoms with Crippen LogP contribution in [-0.2, 0) is 4.79 Å². The molecule has 0 fully saturated rings. The SMILES string of the molecule is CC1=CC(CC(N)=O)=CCC1. The molecular formula is C9H13NO. The number of nitrogens with two attached hydrogens (primary N) is 1. The number of hydrogen-bond acceptors (Lipinski definition) is 1. The summed E-state index contributed by atoms with van der Waals surface area (Å²) >= 11 is 0. The Labute approximate surface area is 66.8 Å². The molecular weight excluding hydrogens is 138 g/mol. The van der Waals surface area contributed by atoms with Crippen molar-refractivity contribution in [1.82, 2.24) is 0 Å². The van der Waals surface area contributed by atoms with Crippen LogP contribution >= 0.6 is 0 Å². The molecule has 1 aliphatic rings. The highest BCUT2D eigenvalue weighted by Crippen LogP contribution is 2.18. The van der Waals surface area contributed by atoms with Gasteiger partial charge in [-0.3, -0.25) is 4.79 Å². The van der Waals surface area contributed by atoms with Gasteiger partial charge in [0.05, 0.1) is 6.42 Å². The lowest BCUT2D eigenvalue weighted by atomic mass is 9.99. The van der Waals surface area contributed by atoms with Crippen LogP contribution in [0.1, 0.15) is 26.2 Å². The van der Waals surface area contributed by atoms with E-state index in [2.05, 4.69) is 13.0 Å². The van der Waals surface area contributed by atoms with Crippen LogP contribution in [0.4, 0.5) is 0 Å². The van der Waals surface area contributed by atoms with Crippen LogP contribution in [-0.4, -0.2) is 5.91 Å². The summed E-state index contributed by atoms with van der Waals surface area (Å²) in [6, 6.07) is 0. The fourth-order valence-electron chi connectivity index (χ4n) is 1.26. The second kappa shape index (κ2) is 3.37. The third kappa shape index (κ3) is 2.58.